The van der Waals surface area contributed by atoms with Gasteiger partial charge in [-0.1, -0.05) is 0 Å². The number of carbonyl (C=O) groups excluding carboxylic acids is 1. The zero-order valence-electron chi connectivity index (χ0n) is 11.3. The van der Waals surface area contributed by atoms with Crippen molar-refractivity contribution in [1.82, 2.24) is 15.6 Å². The molecule has 1 amide bonds. The van der Waals surface area contributed by atoms with Crippen molar-refractivity contribution in [1.29, 1.82) is 5.26 Å². The van der Waals surface area contributed by atoms with Crippen LogP contribution in [0.3, 0.4) is 0 Å². The van der Waals surface area contributed by atoms with Crippen molar-refractivity contribution >= 4 is 5.91 Å². The van der Waals surface area contributed by atoms with Crippen LogP contribution >= 0.6 is 0 Å². The third-order valence-corrected chi connectivity index (χ3v) is 2.88. The molecule has 1 fully saturated rings. The van der Waals surface area contributed by atoms with Gasteiger partial charge < -0.3 is 15.4 Å². The van der Waals surface area contributed by atoms with Crippen LogP contribution in [-0.2, 0) is 11.3 Å². The van der Waals surface area contributed by atoms with Crippen molar-refractivity contribution in [3.8, 4) is 11.8 Å². The standard InChI is InChI=1S/C14H18N4O2/c15-6-1-7-16-14(19)10-20-13-5-4-12(18-9-13)8-17-11-2-3-11/h4-5,9,11,17H,1-3,7-8,10H2,(H,16,19). The van der Waals surface area contributed by atoms with Gasteiger partial charge in [0.2, 0.25) is 0 Å². The molecular formula is C14H18N4O2. The summed E-state index contributed by atoms with van der Waals surface area (Å²) in [6.07, 6.45) is 4.42. The Morgan fingerprint density at radius 3 is 3.00 bits per heavy atom. The maximum atomic E-state index is 11.4. The summed E-state index contributed by atoms with van der Waals surface area (Å²) in [6, 6.07) is 6.31. The van der Waals surface area contributed by atoms with Crippen LogP contribution in [0.1, 0.15) is 25.0 Å². The van der Waals surface area contributed by atoms with E-state index in [0.29, 0.717) is 24.8 Å². The van der Waals surface area contributed by atoms with Crippen LogP contribution in [0.5, 0.6) is 5.75 Å². The molecule has 2 N–H and O–H groups in total. The van der Waals surface area contributed by atoms with E-state index in [1.165, 1.54) is 12.8 Å². The molecule has 1 heterocycles. The number of rotatable bonds is 8. The van der Waals surface area contributed by atoms with Gasteiger partial charge >= 0.3 is 0 Å². The fourth-order valence-electron chi connectivity index (χ4n) is 1.59. The van der Waals surface area contributed by atoms with Crippen LogP contribution in [0, 0.1) is 11.3 Å². The highest BCUT2D eigenvalue weighted by atomic mass is 16.5. The van der Waals surface area contributed by atoms with Crippen molar-refractivity contribution in [3.05, 3.63) is 24.0 Å². The lowest BCUT2D eigenvalue weighted by Gasteiger charge is -2.07. The Labute approximate surface area is 118 Å². The largest absolute Gasteiger partial charge is 0.482 e. The highest BCUT2D eigenvalue weighted by molar-refractivity contribution is 5.77. The van der Waals surface area contributed by atoms with E-state index in [0.717, 1.165) is 12.2 Å². The number of amides is 1. The number of hydrogen-bond donors (Lipinski definition) is 2. The van der Waals surface area contributed by atoms with Gasteiger partial charge in [-0.15, -0.1) is 0 Å². The molecule has 20 heavy (non-hydrogen) atoms. The molecule has 6 heteroatoms. The van der Waals surface area contributed by atoms with Crippen LogP contribution in [0.4, 0.5) is 0 Å². The molecule has 1 aliphatic carbocycles. The van der Waals surface area contributed by atoms with E-state index in [-0.39, 0.29) is 12.5 Å². The van der Waals surface area contributed by atoms with Crippen molar-refractivity contribution < 1.29 is 9.53 Å². The fourth-order valence-corrected chi connectivity index (χ4v) is 1.59. The SMILES string of the molecule is N#CCCNC(=O)COc1ccc(CNC2CC2)nc1. The minimum Gasteiger partial charge on any atom is -0.482 e. The number of aromatic nitrogens is 1. The molecule has 106 valence electrons. The normalized spacial score (nSPS) is 13.6. The van der Waals surface area contributed by atoms with E-state index < -0.39 is 0 Å². The second-order valence-electron chi connectivity index (χ2n) is 4.69. The van der Waals surface area contributed by atoms with Crippen LogP contribution in [-0.4, -0.2) is 30.1 Å². The molecule has 0 saturated heterocycles. The summed E-state index contributed by atoms with van der Waals surface area (Å²) in [6.45, 7) is 1.05. The molecule has 0 bridgehead atoms. The zero-order valence-corrected chi connectivity index (χ0v) is 11.3. The lowest BCUT2D eigenvalue weighted by Crippen LogP contribution is -2.29. The number of nitriles is 1. The number of nitrogens with zero attached hydrogens (tertiary/aromatic N) is 2. The fraction of sp³-hybridized carbons (Fsp3) is 0.500. The summed E-state index contributed by atoms with van der Waals surface area (Å²) in [5.74, 6) is 0.329. The molecule has 1 aliphatic rings. The van der Waals surface area contributed by atoms with Gasteiger partial charge in [-0.3, -0.25) is 9.78 Å². The molecule has 6 nitrogen and oxygen atoms in total. The first-order valence-electron chi connectivity index (χ1n) is 6.72. The quantitative estimate of drug-likeness (QED) is 0.683. The topological polar surface area (TPSA) is 87.0 Å². The lowest BCUT2D eigenvalue weighted by molar-refractivity contribution is -0.123. The third-order valence-electron chi connectivity index (χ3n) is 2.88. The summed E-state index contributed by atoms with van der Waals surface area (Å²) in [4.78, 5) is 15.6. The molecule has 1 aromatic rings. The second-order valence-corrected chi connectivity index (χ2v) is 4.69. The number of pyridine rings is 1. The smallest absolute Gasteiger partial charge is 0.257 e. The predicted molar refractivity (Wildman–Crippen MR) is 72.8 cm³/mol. The average Bonchev–Trinajstić information content (AvgIpc) is 3.28. The van der Waals surface area contributed by atoms with Crippen LogP contribution in [0.2, 0.25) is 0 Å². The second kappa shape index (κ2) is 7.46. The van der Waals surface area contributed by atoms with Crippen LogP contribution in [0.25, 0.3) is 0 Å². The van der Waals surface area contributed by atoms with E-state index >= 15 is 0 Å². The molecule has 1 saturated carbocycles. The predicted octanol–water partition coefficient (Wildman–Crippen LogP) is 0.742. The van der Waals surface area contributed by atoms with E-state index in [1.807, 2.05) is 12.1 Å². The number of ether oxygens (including phenoxy) is 1. The first-order valence-corrected chi connectivity index (χ1v) is 6.72. The van der Waals surface area contributed by atoms with Gasteiger partial charge in [0, 0.05) is 19.1 Å². The van der Waals surface area contributed by atoms with Crippen molar-refractivity contribution in [2.24, 2.45) is 0 Å². The van der Waals surface area contributed by atoms with Crippen molar-refractivity contribution in [3.63, 3.8) is 0 Å². The Balaban J connectivity index is 1.67. The monoisotopic (exact) mass is 274 g/mol. The molecule has 0 radical (unpaired) electrons. The molecule has 0 aliphatic heterocycles. The maximum Gasteiger partial charge on any atom is 0.257 e. The van der Waals surface area contributed by atoms with Gasteiger partial charge in [-0.2, -0.15) is 5.26 Å². The number of carbonyl (C=O) groups is 1. The molecule has 2 rings (SSSR count). The number of nitrogens with one attached hydrogen (secondary N) is 2. The van der Waals surface area contributed by atoms with Gasteiger partial charge in [0.25, 0.3) is 5.91 Å². The summed E-state index contributed by atoms with van der Waals surface area (Å²) >= 11 is 0. The Bertz CT molecular complexity index is 477. The Kier molecular flexibility index (Phi) is 5.33. The minimum absolute atomic E-state index is 0.0627. The zero-order chi connectivity index (χ0) is 14.2. The van der Waals surface area contributed by atoms with Crippen LogP contribution in [0.15, 0.2) is 18.3 Å². The molecule has 1 aromatic heterocycles. The molecule has 0 spiro atoms. The first kappa shape index (κ1) is 14.3. The first-order chi connectivity index (χ1) is 9.78. The van der Waals surface area contributed by atoms with E-state index in [1.54, 1.807) is 12.3 Å². The molecule has 0 atom stereocenters. The van der Waals surface area contributed by atoms with Gasteiger partial charge in [0.1, 0.15) is 5.75 Å². The minimum atomic E-state index is -0.236. The van der Waals surface area contributed by atoms with Gasteiger partial charge in [0.05, 0.1) is 24.4 Å². The summed E-state index contributed by atoms with van der Waals surface area (Å²) in [5.41, 5.74) is 0.961. The Morgan fingerprint density at radius 2 is 2.35 bits per heavy atom. The van der Waals surface area contributed by atoms with Gasteiger partial charge in [-0.25, -0.2) is 0 Å². The van der Waals surface area contributed by atoms with Gasteiger partial charge in [-0.05, 0) is 25.0 Å². The third kappa shape index (κ3) is 5.24. The van der Waals surface area contributed by atoms with Gasteiger partial charge in [0.15, 0.2) is 6.61 Å². The molecule has 0 aromatic carbocycles. The number of hydrogen-bond acceptors (Lipinski definition) is 5. The average molecular weight is 274 g/mol. The Morgan fingerprint density at radius 1 is 1.50 bits per heavy atom. The maximum absolute atomic E-state index is 11.4. The summed E-state index contributed by atoms with van der Waals surface area (Å²) in [7, 11) is 0. The molecule has 0 unspecified atom stereocenters. The lowest BCUT2D eigenvalue weighted by atomic mass is 10.3. The van der Waals surface area contributed by atoms with Crippen molar-refractivity contribution in [2.75, 3.05) is 13.2 Å². The highest BCUT2D eigenvalue weighted by Gasteiger charge is 2.20. The Hall–Kier alpha value is -2.13. The molecular weight excluding hydrogens is 256 g/mol. The van der Waals surface area contributed by atoms with E-state index in [9.17, 15) is 4.79 Å². The summed E-state index contributed by atoms with van der Waals surface area (Å²) < 4.78 is 5.31. The van der Waals surface area contributed by atoms with Crippen LogP contribution < -0.4 is 15.4 Å². The van der Waals surface area contributed by atoms with Crippen molar-refractivity contribution in [2.45, 2.75) is 31.8 Å². The van der Waals surface area contributed by atoms with E-state index in [4.69, 9.17) is 10.00 Å². The van der Waals surface area contributed by atoms with E-state index in [2.05, 4.69) is 15.6 Å². The summed E-state index contributed by atoms with van der Waals surface area (Å²) in [5, 5.41) is 14.3. The highest BCUT2D eigenvalue weighted by Crippen LogP contribution is 2.19.